The van der Waals surface area contributed by atoms with Crippen LogP contribution in [0.2, 0.25) is 0 Å². The second-order valence-electron chi connectivity index (χ2n) is 5.85. The Labute approximate surface area is 139 Å². The molecule has 1 atom stereocenters. The molecule has 3 rings (SSSR count). The van der Waals surface area contributed by atoms with Gasteiger partial charge in [-0.3, -0.25) is 9.78 Å². The molecule has 0 unspecified atom stereocenters. The van der Waals surface area contributed by atoms with E-state index in [4.69, 9.17) is 0 Å². The van der Waals surface area contributed by atoms with Crippen molar-refractivity contribution in [1.29, 1.82) is 0 Å². The molecule has 0 aliphatic carbocycles. The van der Waals surface area contributed by atoms with E-state index in [9.17, 15) is 4.79 Å². The maximum absolute atomic E-state index is 13.0. The van der Waals surface area contributed by atoms with Crippen molar-refractivity contribution in [1.82, 2.24) is 15.2 Å². The van der Waals surface area contributed by atoms with Crippen LogP contribution in [0.25, 0.3) is 10.9 Å². The molecule has 1 fully saturated rings. The third-order valence-corrected chi connectivity index (χ3v) is 4.74. The SMILES string of the molecule is CN[C@@H]1CCCN(C(=O)c2cc(C)nc3ccc(Br)cc23)C1. The lowest BCUT2D eigenvalue weighted by Crippen LogP contribution is -2.47. The average Bonchev–Trinajstić information content (AvgIpc) is 2.54. The quantitative estimate of drug-likeness (QED) is 0.893. The van der Waals surface area contributed by atoms with Gasteiger partial charge >= 0.3 is 0 Å². The number of halogens is 1. The fraction of sp³-hybridized carbons (Fsp3) is 0.412. The molecular formula is C17H20BrN3O. The molecular weight excluding hydrogens is 342 g/mol. The number of pyridine rings is 1. The number of rotatable bonds is 2. The third-order valence-electron chi connectivity index (χ3n) is 4.25. The van der Waals surface area contributed by atoms with Crippen molar-refractivity contribution >= 4 is 32.7 Å². The monoisotopic (exact) mass is 361 g/mol. The Balaban J connectivity index is 2.01. The number of aromatic nitrogens is 1. The van der Waals surface area contributed by atoms with Crippen LogP contribution in [0, 0.1) is 6.92 Å². The molecule has 1 aliphatic rings. The zero-order valence-corrected chi connectivity index (χ0v) is 14.5. The standard InChI is InChI=1S/C17H20BrN3O/c1-11-8-15(14-9-12(18)5-6-16(14)20-11)17(22)21-7-3-4-13(10-21)19-2/h5-6,8-9,13,19H,3-4,7,10H2,1-2H3/t13-/m1/s1. The van der Waals surface area contributed by atoms with Crippen molar-refractivity contribution in [3.05, 3.63) is 40.0 Å². The van der Waals surface area contributed by atoms with E-state index in [2.05, 4.69) is 26.2 Å². The van der Waals surface area contributed by atoms with Crippen LogP contribution < -0.4 is 5.32 Å². The minimum Gasteiger partial charge on any atom is -0.337 e. The maximum Gasteiger partial charge on any atom is 0.254 e. The molecule has 1 aromatic carbocycles. The van der Waals surface area contributed by atoms with Crippen LogP contribution in [-0.4, -0.2) is 42.0 Å². The molecule has 1 aliphatic heterocycles. The van der Waals surface area contributed by atoms with E-state index in [-0.39, 0.29) is 5.91 Å². The summed E-state index contributed by atoms with van der Waals surface area (Å²) >= 11 is 3.49. The zero-order valence-electron chi connectivity index (χ0n) is 12.9. The van der Waals surface area contributed by atoms with E-state index >= 15 is 0 Å². The van der Waals surface area contributed by atoms with Crippen LogP contribution in [0.1, 0.15) is 28.9 Å². The van der Waals surface area contributed by atoms with Gasteiger partial charge in [-0.1, -0.05) is 15.9 Å². The smallest absolute Gasteiger partial charge is 0.254 e. The van der Waals surface area contributed by atoms with Gasteiger partial charge in [0.1, 0.15) is 0 Å². The molecule has 2 heterocycles. The van der Waals surface area contributed by atoms with Crippen molar-refractivity contribution in [2.75, 3.05) is 20.1 Å². The van der Waals surface area contributed by atoms with Gasteiger partial charge in [0.25, 0.3) is 5.91 Å². The van der Waals surface area contributed by atoms with Gasteiger partial charge < -0.3 is 10.2 Å². The third kappa shape index (κ3) is 3.01. The first-order valence-electron chi connectivity index (χ1n) is 7.62. The van der Waals surface area contributed by atoms with Gasteiger partial charge in [-0.05, 0) is 51.1 Å². The first kappa shape index (κ1) is 15.4. The number of likely N-dealkylation sites (tertiary alicyclic amines) is 1. The number of piperidine rings is 1. The molecule has 5 heteroatoms. The minimum atomic E-state index is 0.105. The first-order valence-corrected chi connectivity index (χ1v) is 8.41. The molecule has 0 bridgehead atoms. The number of nitrogens with zero attached hydrogens (tertiary/aromatic N) is 2. The number of benzene rings is 1. The molecule has 4 nitrogen and oxygen atoms in total. The van der Waals surface area contributed by atoms with Gasteiger partial charge in [0.2, 0.25) is 0 Å². The Hall–Kier alpha value is -1.46. The molecule has 22 heavy (non-hydrogen) atoms. The van der Waals surface area contributed by atoms with Gasteiger partial charge in [-0.25, -0.2) is 0 Å². The predicted molar refractivity (Wildman–Crippen MR) is 92.2 cm³/mol. The maximum atomic E-state index is 13.0. The number of hydrogen-bond donors (Lipinski definition) is 1. The number of hydrogen-bond acceptors (Lipinski definition) is 3. The van der Waals surface area contributed by atoms with E-state index in [1.54, 1.807) is 0 Å². The highest BCUT2D eigenvalue weighted by Gasteiger charge is 2.25. The van der Waals surface area contributed by atoms with Crippen LogP contribution in [0.4, 0.5) is 0 Å². The minimum absolute atomic E-state index is 0.105. The number of nitrogens with one attached hydrogen (secondary N) is 1. The Kier molecular flexibility index (Phi) is 4.45. The Morgan fingerprint density at radius 3 is 3.00 bits per heavy atom. The largest absolute Gasteiger partial charge is 0.337 e. The highest BCUT2D eigenvalue weighted by atomic mass is 79.9. The van der Waals surface area contributed by atoms with Gasteiger partial charge in [0.05, 0.1) is 11.1 Å². The van der Waals surface area contributed by atoms with Crippen molar-refractivity contribution in [2.24, 2.45) is 0 Å². The Morgan fingerprint density at radius 1 is 1.41 bits per heavy atom. The molecule has 1 saturated heterocycles. The summed E-state index contributed by atoms with van der Waals surface area (Å²) in [6.45, 7) is 3.53. The lowest BCUT2D eigenvalue weighted by molar-refractivity contribution is 0.0700. The summed E-state index contributed by atoms with van der Waals surface area (Å²) in [7, 11) is 1.96. The van der Waals surface area contributed by atoms with Crippen LogP contribution >= 0.6 is 15.9 Å². The van der Waals surface area contributed by atoms with Crippen molar-refractivity contribution in [2.45, 2.75) is 25.8 Å². The van der Waals surface area contributed by atoms with Crippen molar-refractivity contribution in [3.63, 3.8) is 0 Å². The second-order valence-corrected chi connectivity index (χ2v) is 6.77. The summed E-state index contributed by atoms with van der Waals surface area (Å²) in [5, 5.41) is 4.20. The van der Waals surface area contributed by atoms with Crippen LogP contribution in [0.5, 0.6) is 0 Å². The average molecular weight is 362 g/mol. The Bertz CT molecular complexity index is 716. The van der Waals surface area contributed by atoms with Gasteiger partial charge in [0.15, 0.2) is 0 Å². The number of likely N-dealkylation sites (N-methyl/N-ethyl adjacent to an activating group) is 1. The number of aryl methyl sites for hydroxylation is 1. The van der Waals surface area contributed by atoms with Crippen LogP contribution in [-0.2, 0) is 0 Å². The lowest BCUT2D eigenvalue weighted by atomic mass is 10.0. The summed E-state index contributed by atoms with van der Waals surface area (Å²) in [4.78, 5) is 19.5. The highest BCUT2D eigenvalue weighted by molar-refractivity contribution is 9.10. The molecule has 0 saturated carbocycles. The summed E-state index contributed by atoms with van der Waals surface area (Å²) < 4.78 is 0.964. The highest BCUT2D eigenvalue weighted by Crippen LogP contribution is 2.25. The second kappa shape index (κ2) is 6.34. The van der Waals surface area contributed by atoms with Crippen molar-refractivity contribution in [3.8, 4) is 0 Å². The predicted octanol–water partition coefficient (Wildman–Crippen LogP) is 3.13. The fourth-order valence-corrected chi connectivity index (χ4v) is 3.44. The molecule has 116 valence electrons. The summed E-state index contributed by atoms with van der Waals surface area (Å²) in [5.41, 5.74) is 2.50. The summed E-state index contributed by atoms with van der Waals surface area (Å²) in [6.07, 6.45) is 2.17. The van der Waals surface area contributed by atoms with Gasteiger partial charge in [-0.2, -0.15) is 0 Å². The Morgan fingerprint density at radius 2 is 2.23 bits per heavy atom. The van der Waals surface area contributed by atoms with Crippen molar-refractivity contribution < 1.29 is 4.79 Å². The zero-order chi connectivity index (χ0) is 15.7. The lowest BCUT2D eigenvalue weighted by Gasteiger charge is -2.33. The normalized spacial score (nSPS) is 18.7. The number of carbonyl (C=O) groups excluding carboxylic acids is 1. The number of carbonyl (C=O) groups is 1. The van der Waals surface area contributed by atoms with Crippen LogP contribution in [0.3, 0.4) is 0 Å². The summed E-state index contributed by atoms with van der Waals surface area (Å²) in [5.74, 6) is 0.105. The molecule has 2 aromatic rings. The van der Waals surface area contributed by atoms with E-state index in [1.807, 2.05) is 43.1 Å². The molecule has 1 amide bonds. The molecule has 0 spiro atoms. The van der Waals surface area contributed by atoms with E-state index in [0.29, 0.717) is 6.04 Å². The van der Waals surface area contributed by atoms with Gasteiger partial charge in [0, 0.05) is 34.7 Å². The van der Waals surface area contributed by atoms with Gasteiger partial charge in [-0.15, -0.1) is 0 Å². The van der Waals surface area contributed by atoms with E-state index in [0.717, 1.165) is 52.6 Å². The molecule has 0 radical (unpaired) electrons. The van der Waals surface area contributed by atoms with Crippen LogP contribution in [0.15, 0.2) is 28.7 Å². The fourth-order valence-electron chi connectivity index (χ4n) is 3.07. The topological polar surface area (TPSA) is 45.2 Å². The van der Waals surface area contributed by atoms with E-state index < -0.39 is 0 Å². The summed E-state index contributed by atoms with van der Waals surface area (Å²) in [6, 6.07) is 8.18. The number of fused-ring (bicyclic) bond motifs is 1. The molecule has 1 N–H and O–H groups in total. The van der Waals surface area contributed by atoms with E-state index in [1.165, 1.54) is 0 Å². The first-order chi connectivity index (χ1) is 10.6. The number of amides is 1. The molecule has 1 aromatic heterocycles.